The Bertz CT molecular complexity index is 981. The second-order valence-corrected chi connectivity index (χ2v) is 7.19. The number of carbonyl (C=O) groups excluding carboxylic acids is 2. The third-order valence-corrected chi connectivity index (χ3v) is 4.89. The number of esters is 1. The lowest BCUT2D eigenvalue weighted by Crippen LogP contribution is -2.40. The Balaban J connectivity index is 1.38. The fourth-order valence-electron chi connectivity index (χ4n) is 3.29. The number of para-hydroxylation sites is 2. The molecule has 3 aromatic rings. The number of hydrogen-bond acceptors (Lipinski definition) is 5. The predicted molar refractivity (Wildman–Crippen MR) is 114 cm³/mol. The maximum atomic E-state index is 12.9. The molecule has 1 atom stereocenters. The summed E-state index contributed by atoms with van der Waals surface area (Å²) >= 11 is 0. The molecule has 1 amide bonds. The standard InChI is InChI=1S/C25H23NO5/c27-24(18-30-25(28)23-17-29-21-13-7-8-14-22(21)31-23)26(15-19-9-3-1-4-10-19)16-20-11-5-2-6-12-20/h1-14,23H,15-18H2/t23-/m1/s1. The molecule has 1 aliphatic heterocycles. The highest BCUT2D eigenvalue weighted by atomic mass is 16.6. The lowest BCUT2D eigenvalue weighted by Gasteiger charge is -2.26. The van der Waals surface area contributed by atoms with E-state index in [9.17, 15) is 9.59 Å². The van der Waals surface area contributed by atoms with Crippen LogP contribution in [-0.2, 0) is 27.4 Å². The van der Waals surface area contributed by atoms with E-state index in [4.69, 9.17) is 14.2 Å². The van der Waals surface area contributed by atoms with Gasteiger partial charge in [0.05, 0.1) is 0 Å². The smallest absolute Gasteiger partial charge is 0.351 e. The molecule has 0 unspecified atom stereocenters. The Morgan fingerprint density at radius 3 is 1.97 bits per heavy atom. The van der Waals surface area contributed by atoms with Crippen molar-refractivity contribution in [1.29, 1.82) is 0 Å². The molecule has 0 aromatic heterocycles. The largest absolute Gasteiger partial charge is 0.485 e. The highest BCUT2D eigenvalue weighted by Crippen LogP contribution is 2.31. The Kier molecular flexibility index (Phi) is 6.47. The number of nitrogens with zero attached hydrogens (tertiary/aromatic N) is 1. The summed E-state index contributed by atoms with van der Waals surface area (Å²) in [4.78, 5) is 27.0. The van der Waals surface area contributed by atoms with Gasteiger partial charge in [-0.2, -0.15) is 0 Å². The third kappa shape index (κ3) is 5.42. The monoisotopic (exact) mass is 417 g/mol. The van der Waals surface area contributed by atoms with Crippen molar-refractivity contribution in [2.45, 2.75) is 19.2 Å². The van der Waals surface area contributed by atoms with Crippen LogP contribution in [0, 0.1) is 0 Å². The number of fused-ring (bicyclic) bond motifs is 1. The lowest BCUT2D eigenvalue weighted by atomic mass is 10.1. The van der Waals surface area contributed by atoms with Crippen LogP contribution in [0.2, 0.25) is 0 Å². The summed E-state index contributed by atoms with van der Waals surface area (Å²) in [5.41, 5.74) is 2.00. The number of rotatable bonds is 7. The molecule has 0 fully saturated rings. The summed E-state index contributed by atoms with van der Waals surface area (Å²) in [6.45, 7) is 0.521. The summed E-state index contributed by atoms with van der Waals surface area (Å²) in [6, 6.07) is 26.5. The maximum Gasteiger partial charge on any atom is 0.351 e. The van der Waals surface area contributed by atoms with E-state index in [0.29, 0.717) is 24.6 Å². The molecular weight excluding hydrogens is 394 g/mol. The summed E-state index contributed by atoms with van der Waals surface area (Å²) in [7, 11) is 0. The zero-order valence-corrected chi connectivity index (χ0v) is 17.0. The van der Waals surface area contributed by atoms with Gasteiger partial charge in [0.1, 0.15) is 6.61 Å². The molecule has 0 spiro atoms. The molecule has 0 bridgehead atoms. The van der Waals surface area contributed by atoms with Crippen molar-refractivity contribution in [1.82, 2.24) is 4.90 Å². The van der Waals surface area contributed by atoms with Gasteiger partial charge >= 0.3 is 5.97 Å². The molecule has 0 radical (unpaired) electrons. The van der Waals surface area contributed by atoms with Gasteiger partial charge in [-0.25, -0.2) is 4.79 Å². The van der Waals surface area contributed by atoms with Crippen molar-refractivity contribution in [2.24, 2.45) is 0 Å². The zero-order chi connectivity index (χ0) is 21.5. The number of benzene rings is 3. The van der Waals surface area contributed by atoms with Crippen LogP contribution >= 0.6 is 0 Å². The van der Waals surface area contributed by atoms with Crippen LogP contribution in [0.15, 0.2) is 84.9 Å². The van der Waals surface area contributed by atoms with Crippen LogP contribution in [0.25, 0.3) is 0 Å². The molecule has 158 valence electrons. The maximum absolute atomic E-state index is 12.9. The number of carbonyl (C=O) groups is 2. The first-order valence-electron chi connectivity index (χ1n) is 10.1. The van der Waals surface area contributed by atoms with Gasteiger partial charge in [0.2, 0.25) is 6.10 Å². The Labute approximate surface area is 181 Å². The average molecular weight is 417 g/mol. The first-order chi connectivity index (χ1) is 15.2. The Morgan fingerprint density at radius 1 is 0.806 bits per heavy atom. The zero-order valence-electron chi connectivity index (χ0n) is 17.0. The topological polar surface area (TPSA) is 65.1 Å². The molecular formula is C25H23NO5. The molecule has 6 heteroatoms. The van der Waals surface area contributed by atoms with Crippen LogP contribution in [0.3, 0.4) is 0 Å². The average Bonchev–Trinajstić information content (AvgIpc) is 2.83. The Hall–Kier alpha value is -3.80. The van der Waals surface area contributed by atoms with Gasteiger partial charge < -0.3 is 19.1 Å². The van der Waals surface area contributed by atoms with E-state index >= 15 is 0 Å². The van der Waals surface area contributed by atoms with E-state index in [0.717, 1.165) is 11.1 Å². The fraction of sp³-hybridized carbons (Fsp3) is 0.200. The SMILES string of the molecule is O=C(OCC(=O)N(Cc1ccccc1)Cc1ccccc1)[C@H]1COc2ccccc2O1. The van der Waals surface area contributed by atoms with E-state index in [-0.39, 0.29) is 19.1 Å². The van der Waals surface area contributed by atoms with Crippen molar-refractivity contribution in [2.75, 3.05) is 13.2 Å². The number of amides is 1. The van der Waals surface area contributed by atoms with Crippen LogP contribution in [-0.4, -0.2) is 36.1 Å². The van der Waals surface area contributed by atoms with Gasteiger partial charge in [0, 0.05) is 13.1 Å². The van der Waals surface area contributed by atoms with Crippen LogP contribution in [0.1, 0.15) is 11.1 Å². The van der Waals surface area contributed by atoms with Gasteiger partial charge in [0.15, 0.2) is 18.1 Å². The van der Waals surface area contributed by atoms with Crippen molar-refractivity contribution < 1.29 is 23.8 Å². The summed E-state index contributed by atoms with van der Waals surface area (Å²) in [5, 5.41) is 0. The molecule has 0 saturated heterocycles. The van der Waals surface area contributed by atoms with Gasteiger partial charge in [0.25, 0.3) is 5.91 Å². The molecule has 0 aliphatic carbocycles. The first-order valence-corrected chi connectivity index (χ1v) is 10.1. The van der Waals surface area contributed by atoms with Crippen LogP contribution < -0.4 is 9.47 Å². The van der Waals surface area contributed by atoms with E-state index in [1.54, 1.807) is 23.1 Å². The van der Waals surface area contributed by atoms with Gasteiger partial charge in [-0.1, -0.05) is 72.8 Å². The quantitative estimate of drug-likeness (QED) is 0.550. The first kappa shape index (κ1) is 20.5. The highest BCUT2D eigenvalue weighted by Gasteiger charge is 2.29. The summed E-state index contributed by atoms with van der Waals surface area (Å²) in [6.07, 6.45) is -0.903. The van der Waals surface area contributed by atoms with Gasteiger partial charge in [-0.15, -0.1) is 0 Å². The van der Waals surface area contributed by atoms with E-state index in [2.05, 4.69) is 0 Å². The minimum atomic E-state index is -0.903. The number of ether oxygens (including phenoxy) is 3. The molecule has 4 rings (SSSR count). The van der Waals surface area contributed by atoms with Gasteiger partial charge in [-0.05, 0) is 23.3 Å². The fourth-order valence-corrected chi connectivity index (χ4v) is 3.29. The second kappa shape index (κ2) is 9.80. The van der Waals surface area contributed by atoms with E-state index in [1.165, 1.54) is 0 Å². The second-order valence-electron chi connectivity index (χ2n) is 7.19. The highest BCUT2D eigenvalue weighted by molar-refractivity contribution is 5.82. The summed E-state index contributed by atoms with van der Waals surface area (Å²) in [5.74, 6) is 0.164. The molecule has 1 aliphatic rings. The van der Waals surface area contributed by atoms with Crippen LogP contribution in [0.4, 0.5) is 0 Å². The lowest BCUT2D eigenvalue weighted by molar-refractivity contribution is -0.160. The van der Waals surface area contributed by atoms with Gasteiger partial charge in [-0.3, -0.25) is 4.79 Å². The molecule has 31 heavy (non-hydrogen) atoms. The molecule has 6 nitrogen and oxygen atoms in total. The van der Waals surface area contributed by atoms with Crippen molar-refractivity contribution in [3.05, 3.63) is 96.1 Å². The van der Waals surface area contributed by atoms with Crippen molar-refractivity contribution in [3.8, 4) is 11.5 Å². The molecule has 0 N–H and O–H groups in total. The molecule has 1 heterocycles. The van der Waals surface area contributed by atoms with E-state index < -0.39 is 12.1 Å². The minimum absolute atomic E-state index is 0.0434. The minimum Gasteiger partial charge on any atom is -0.485 e. The van der Waals surface area contributed by atoms with Crippen LogP contribution in [0.5, 0.6) is 11.5 Å². The van der Waals surface area contributed by atoms with Crippen molar-refractivity contribution >= 4 is 11.9 Å². The Morgan fingerprint density at radius 2 is 1.35 bits per heavy atom. The van der Waals surface area contributed by atoms with E-state index in [1.807, 2.05) is 66.7 Å². The third-order valence-electron chi connectivity index (χ3n) is 4.89. The molecule has 3 aromatic carbocycles. The molecule has 0 saturated carbocycles. The van der Waals surface area contributed by atoms with Crippen molar-refractivity contribution in [3.63, 3.8) is 0 Å². The summed E-state index contributed by atoms with van der Waals surface area (Å²) < 4.78 is 16.5. The normalized spacial score (nSPS) is 14.5. The predicted octanol–water partition coefficient (Wildman–Crippen LogP) is 3.60. The number of hydrogen-bond donors (Lipinski definition) is 0.